The Balaban J connectivity index is 2.32. The molecule has 1 aliphatic heterocycles. The summed E-state index contributed by atoms with van der Waals surface area (Å²) >= 11 is 0. The van der Waals surface area contributed by atoms with E-state index in [0.717, 1.165) is 0 Å². The van der Waals surface area contributed by atoms with Gasteiger partial charge < -0.3 is 10.5 Å². The van der Waals surface area contributed by atoms with Gasteiger partial charge in [0.05, 0.1) is 19.2 Å². The number of ether oxygens (including phenoxy) is 1. The fraction of sp³-hybridized carbons (Fsp3) is 0.400. The Morgan fingerprint density at radius 1 is 1.61 bits per heavy atom. The van der Waals surface area contributed by atoms with E-state index in [1.54, 1.807) is 0 Å². The summed E-state index contributed by atoms with van der Waals surface area (Å²) in [6.07, 6.45) is 0.678. The number of rotatable bonds is 2. The number of nitriles is 1. The molecular formula is C10H12N4O3S. The molecule has 0 bridgehead atoms. The van der Waals surface area contributed by atoms with Gasteiger partial charge in [-0.15, -0.1) is 0 Å². The summed E-state index contributed by atoms with van der Waals surface area (Å²) in [5, 5.41) is 8.77. The lowest BCUT2D eigenvalue weighted by atomic mass is 10.3. The summed E-state index contributed by atoms with van der Waals surface area (Å²) < 4.78 is 30.9. The molecule has 1 aromatic rings. The van der Waals surface area contributed by atoms with E-state index >= 15 is 0 Å². The molecule has 0 amide bonds. The molecule has 96 valence electrons. The molecule has 7 nitrogen and oxygen atoms in total. The average Bonchev–Trinajstić information content (AvgIpc) is 2.39. The monoisotopic (exact) mass is 268 g/mol. The van der Waals surface area contributed by atoms with Crippen LogP contribution in [0.25, 0.3) is 0 Å². The second kappa shape index (κ2) is 4.89. The zero-order valence-electron chi connectivity index (χ0n) is 9.48. The predicted molar refractivity (Wildman–Crippen MR) is 62.8 cm³/mol. The molecule has 18 heavy (non-hydrogen) atoms. The highest BCUT2D eigenvalue weighted by atomic mass is 32.2. The highest BCUT2D eigenvalue weighted by molar-refractivity contribution is 7.89. The van der Waals surface area contributed by atoms with Crippen LogP contribution in [-0.4, -0.2) is 43.5 Å². The van der Waals surface area contributed by atoms with Crippen molar-refractivity contribution in [2.24, 2.45) is 0 Å². The molecule has 2 N–H and O–H groups in total. The first-order chi connectivity index (χ1) is 8.55. The van der Waals surface area contributed by atoms with Gasteiger partial charge in [0, 0.05) is 12.7 Å². The smallest absolute Gasteiger partial charge is 0.246 e. The normalized spacial score (nSPS) is 21.4. The third-order valence-electron chi connectivity index (χ3n) is 2.59. The minimum Gasteiger partial charge on any atom is -0.383 e. The van der Waals surface area contributed by atoms with Crippen molar-refractivity contribution in [3.8, 4) is 6.07 Å². The molecule has 1 aliphatic rings. The molecule has 0 aliphatic carbocycles. The number of aromatic nitrogens is 1. The number of anilines is 1. The minimum atomic E-state index is -3.72. The van der Waals surface area contributed by atoms with Crippen LogP contribution in [-0.2, 0) is 14.8 Å². The summed E-state index contributed by atoms with van der Waals surface area (Å²) in [6.45, 7) is 0.402. The van der Waals surface area contributed by atoms with Gasteiger partial charge in [0.15, 0.2) is 6.10 Å². The Kier molecular flexibility index (Phi) is 3.47. The summed E-state index contributed by atoms with van der Waals surface area (Å²) in [6, 6.07) is 4.80. The van der Waals surface area contributed by atoms with E-state index in [9.17, 15) is 8.42 Å². The van der Waals surface area contributed by atoms with Gasteiger partial charge in [0.25, 0.3) is 0 Å². The van der Waals surface area contributed by atoms with Gasteiger partial charge in [-0.2, -0.15) is 9.57 Å². The van der Waals surface area contributed by atoms with Crippen LogP contribution < -0.4 is 5.73 Å². The van der Waals surface area contributed by atoms with Gasteiger partial charge in [-0.3, -0.25) is 0 Å². The minimum absolute atomic E-state index is 0.00711. The number of sulfonamides is 1. The van der Waals surface area contributed by atoms with Crippen molar-refractivity contribution >= 4 is 15.8 Å². The first-order valence-corrected chi connectivity index (χ1v) is 6.71. The molecule has 0 radical (unpaired) electrons. The van der Waals surface area contributed by atoms with Crippen molar-refractivity contribution in [3.05, 3.63) is 18.3 Å². The van der Waals surface area contributed by atoms with Gasteiger partial charge in [0.1, 0.15) is 10.7 Å². The zero-order valence-corrected chi connectivity index (χ0v) is 10.3. The van der Waals surface area contributed by atoms with E-state index < -0.39 is 16.1 Å². The molecule has 0 aromatic carbocycles. The number of hydrogen-bond acceptors (Lipinski definition) is 6. The highest BCUT2D eigenvalue weighted by Crippen LogP contribution is 2.21. The molecule has 8 heteroatoms. The van der Waals surface area contributed by atoms with Crippen LogP contribution >= 0.6 is 0 Å². The molecular weight excluding hydrogens is 256 g/mol. The quantitative estimate of drug-likeness (QED) is 0.780. The average molecular weight is 268 g/mol. The number of nitrogens with zero attached hydrogens (tertiary/aromatic N) is 3. The molecule has 1 atom stereocenters. The van der Waals surface area contributed by atoms with E-state index in [0.29, 0.717) is 0 Å². The fourth-order valence-corrected chi connectivity index (χ4v) is 3.17. The molecule has 1 aromatic heterocycles. The van der Waals surface area contributed by atoms with Crippen LogP contribution in [0.3, 0.4) is 0 Å². The Labute approximate surface area is 105 Å². The van der Waals surface area contributed by atoms with E-state index in [4.69, 9.17) is 15.7 Å². The molecule has 1 unspecified atom stereocenters. The van der Waals surface area contributed by atoms with Crippen LogP contribution in [0.2, 0.25) is 0 Å². The van der Waals surface area contributed by atoms with Crippen molar-refractivity contribution in [2.75, 3.05) is 25.4 Å². The topological polar surface area (TPSA) is 109 Å². The van der Waals surface area contributed by atoms with Gasteiger partial charge in [-0.05, 0) is 12.1 Å². The molecule has 1 fully saturated rings. The highest BCUT2D eigenvalue weighted by Gasteiger charge is 2.32. The standard InChI is InChI=1S/C10H12N4O3S/c11-6-8-7-14(4-5-17-8)18(15,16)9-2-1-3-13-10(9)12/h1-3,8H,4-5,7H2,(H2,12,13). The van der Waals surface area contributed by atoms with Crippen molar-refractivity contribution in [1.29, 1.82) is 5.26 Å². The van der Waals surface area contributed by atoms with E-state index in [2.05, 4.69) is 4.98 Å². The van der Waals surface area contributed by atoms with Crippen LogP contribution in [0.15, 0.2) is 23.2 Å². The lowest BCUT2D eigenvalue weighted by molar-refractivity contribution is 0.0311. The third kappa shape index (κ3) is 2.28. The van der Waals surface area contributed by atoms with Crippen molar-refractivity contribution in [3.63, 3.8) is 0 Å². The summed E-state index contributed by atoms with van der Waals surface area (Å²) in [5.74, 6) is -0.0440. The van der Waals surface area contributed by atoms with Crippen LogP contribution in [0.5, 0.6) is 0 Å². The van der Waals surface area contributed by atoms with Crippen LogP contribution in [0.1, 0.15) is 0 Å². The molecule has 0 spiro atoms. The maximum Gasteiger partial charge on any atom is 0.246 e. The van der Waals surface area contributed by atoms with Crippen LogP contribution in [0, 0.1) is 11.3 Å². The SMILES string of the molecule is N#CC1CN(S(=O)(=O)c2cccnc2N)CCO1. The van der Waals surface area contributed by atoms with Crippen LogP contribution in [0.4, 0.5) is 5.82 Å². The largest absolute Gasteiger partial charge is 0.383 e. The molecule has 0 saturated carbocycles. The van der Waals surface area contributed by atoms with Crippen molar-refractivity contribution < 1.29 is 13.2 Å². The Hall–Kier alpha value is -1.69. The first-order valence-electron chi connectivity index (χ1n) is 5.27. The summed E-state index contributed by atoms with van der Waals surface area (Å²) in [7, 11) is -3.72. The second-order valence-electron chi connectivity index (χ2n) is 3.74. The van der Waals surface area contributed by atoms with E-state index in [1.807, 2.05) is 6.07 Å². The summed E-state index contributed by atoms with van der Waals surface area (Å²) in [5.41, 5.74) is 5.57. The first kappa shape index (κ1) is 12.8. The van der Waals surface area contributed by atoms with E-state index in [1.165, 1.54) is 22.6 Å². The third-order valence-corrected chi connectivity index (χ3v) is 4.50. The van der Waals surface area contributed by atoms with Gasteiger partial charge in [0.2, 0.25) is 10.0 Å². The number of nitrogen functional groups attached to an aromatic ring is 1. The van der Waals surface area contributed by atoms with Gasteiger partial charge in [-0.1, -0.05) is 0 Å². The lowest BCUT2D eigenvalue weighted by Crippen LogP contribution is -2.45. The maximum absolute atomic E-state index is 12.3. The van der Waals surface area contributed by atoms with Gasteiger partial charge in [-0.25, -0.2) is 13.4 Å². The molecule has 1 saturated heterocycles. The number of morpholine rings is 1. The number of hydrogen-bond donors (Lipinski definition) is 1. The zero-order chi connectivity index (χ0) is 13.2. The summed E-state index contributed by atoms with van der Waals surface area (Å²) in [4.78, 5) is 3.72. The lowest BCUT2D eigenvalue weighted by Gasteiger charge is -2.29. The van der Waals surface area contributed by atoms with Gasteiger partial charge >= 0.3 is 0 Å². The Morgan fingerprint density at radius 3 is 3.06 bits per heavy atom. The number of nitrogens with two attached hydrogens (primary N) is 1. The van der Waals surface area contributed by atoms with Crippen molar-refractivity contribution in [2.45, 2.75) is 11.0 Å². The Morgan fingerprint density at radius 2 is 2.39 bits per heavy atom. The fourth-order valence-electron chi connectivity index (χ4n) is 1.68. The second-order valence-corrected chi connectivity index (χ2v) is 5.64. The van der Waals surface area contributed by atoms with E-state index in [-0.39, 0.29) is 30.4 Å². The molecule has 2 heterocycles. The number of pyridine rings is 1. The Bertz CT molecular complexity index is 581. The maximum atomic E-state index is 12.3. The predicted octanol–water partition coefficient (Wildman–Crippen LogP) is -0.423. The molecule has 2 rings (SSSR count). The van der Waals surface area contributed by atoms with Crippen molar-refractivity contribution in [1.82, 2.24) is 9.29 Å².